The van der Waals surface area contributed by atoms with Gasteiger partial charge in [0.15, 0.2) is 0 Å². The Kier molecular flexibility index (Phi) is 4.35. The van der Waals surface area contributed by atoms with E-state index in [2.05, 4.69) is 12.2 Å². The molecule has 0 aliphatic carbocycles. The maximum atomic E-state index is 11.2. The minimum absolute atomic E-state index is 0.0656. The van der Waals surface area contributed by atoms with Gasteiger partial charge in [-0.15, -0.1) is 0 Å². The van der Waals surface area contributed by atoms with E-state index in [1.54, 1.807) is 6.92 Å². The molecular formula is C10H20N2O2. The van der Waals surface area contributed by atoms with Gasteiger partial charge in [0.2, 0.25) is 5.91 Å². The number of carbonyl (C=O) groups excluding carboxylic acids is 1. The van der Waals surface area contributed by atoms with Crippen LogP contribution in [0.3, 0.4) is 0 Å². The molecule has 1 saturated heterocycles. The highest BCUT2D eigenvalue weighted by Crippen LogP contribution is 2.18. The summed E-state index contributed by atoms with van der Waals surface area (Å²) in [6, 6.07) is -0.410. The second-order valence-electron chi connectivity index (χ2n) is 4.11. The lowest BCUT2D eigenvalue weighted by Crippen LogP contribution is -2.41. The third-order valence-corrected chi connectivity index (χ3v) is 2.57. The van der Waals surface area contributed by atoms with Crippen molar-refractivity contribution in [2.75, 3.05) is 13.2 Å². The number of amides is 1. The van der Waals surface area contributed by atoms with Crippen molar-refractivity contribution in [3.05, 3.63) is 0 Å². The SMILES string of the molecule is CC1CC(CNC(=O)[C@H](C)N)CCO1. The molecule has 4 heteroatoms. The van der Waals surface area contributed by atoms with Crippen LogP contribution in [0.1, 0.15) is 26.7 Å². The second kappa shape index (κ2) is 5.32. The van der Waals surface area contributed by atoms with Crippen LogP contribution in [0.15, 0.2) is 0 Å². The van der Waals surface area contributed by atoms with Gasteiger partial charge in [-0.3, -0.25) is 4.79 Å². The summed E-state index contributed by atoms with van der Waals surface area (Å²) in [5.74, 6) is 0.477. The Morgan fingerprint density at radius 2 is 2.43 bits per heavy atom. The molecule has 0 saturated carbocycles. The fourth-order valence-corrected chi connectivity index (χ4v) is 1.68. The molecule has 1 heterocycles. The first-order chi connectivity index (χ1) is 6.59. The van der Waals surface area contributed by atoms with Crippen LogP contribution in [0.5, 0.6) is 0 Å². The molecule has 0 aromatic heterocycles. The van der Waals surface area contributed by atoms with Crippen molar-refractivity contribution in [1.29, 1.82) is 0 Å². The van der Waals surface area contributed by atoms with Gasteiger partial charge in [-0.05, 0) is 32.6 Å². The molecule has 3 N–H and O–H groups in total. The van der Waals surface area contributed by atoms with Crippen LogP contribution < -0.4 is 11.1 Å². The predicted octanol–water partition coefficient (Wildman–Crippen LogP) is 0.265. The highest BCUT2D eigenvalue weighted by molar-refractivity contribution is 5.80. The normalized spacial score (nSPS) is 29.6. The molecule has 0 radical (unpaired) electrons. The van der Waals surface area contributed by atoms with Gasteiger partial charge in [0.1, 0.15) is 0 Å². The summed E-state index contributed by atoms with van der Waals surface area (Å²) in [6.45, 7) is 5.30. The van der Waals surface area contributed by atoms with Crippen molar-refractivity contribution in [3.63, 3.8) is 0 Å². The van der Waals surface area contributed by atoms with Crippen molar-refractivity contribution in [1.82, 2.24) is 5.32 Å². The Hall–Kier alpha value is -0.610. The molecule has 0 bridgehead atoms. The van der Waals surface area contributed by atoms with Crippen LogP contribution in [0, 0.1) is 5.92 Å². The molecule has 1 aliphatic heterocycles. The van der Waals surface area contributed by atoms with Crippen molar-refractivity contribution in [3.8, 4) is 0 Å². The first kappa shape index (κ1) is 11.5. The Bertz CT molecular complexity index is 195. The number of hydrogen-bond donors (Lipinski definition) is 2. The zero-order chi connectivity index (χ0) is 10.6. The topological polar surface area (TPSA) is 64.4 Å². The summed E-state index contributed by atoms with van der Waals surface area (Å²) in [5, 5.41) is 2.85. The molecule has 1 amide bonds. The molecule has 1 aliphatic rings. The van der Waals surface area contributed by atoms with Crippen LogP contribution >= 0.6 is 0 Å². The first-order valence-electron chi connectivity index (χ1n) is 5.24. The maximum Gasteiger partial charge on any atom is 0.236 e. The highest BCUT2D eigenvalue weighted by atomic mass is 16.5. The number of ether oxygens (including phenoxy) is 1. The lowest BCUT2D eigenvalue weighted by molar-refractivity contribution is -0.122. The van der Waals surface area contributed by atoms with Gasteiger partial charge in [0.25, 0.3) is 0 Å². The standard InChI is InChI=1S/C10H20N2O2/c1-7-5-9(3-4-14-7)6-12-10(13)8(2)11/h7-9H,3-6,11H2,1-2H3,(H,12,13)/t7?,8-,9?/m0/s1. The molecule has 82 valence electrons. The molecule has 0 aromatic carbocycles. The fourth-order valence-electron chi connectivity index (χ4n) is 1.68. The summed E-state index contributed by atoms with van der Waals surface area (Å²) in [7, 11) is 0. The van der Waals surface area contributed by atoms with Gasteiger partial charge in [-0.2, -0.15) is 0 Å². The molecule has 1 rings (SSSR count). The van der Waals surface area contributed by atoms with E-state index in [9.17, 15) is 4.79 Å². The Morgan fingerprint density at radius 3 is 3.00 bits per heavy atom. The third-order valence-electron chi connectivity index (χ3n) is 2.57. The van der Waals surface area contributed by atoms with Crippen LogP contribution in [-0.4, -0.2) is 31.2 Å². The average Bonchev–Trinajstić information content (AvgIpc) is 2.14. The van der Waals surface area contributed by atoms with Crippen molar-refractivity contribution in [2.45, 2.75) is 38.8 Å². The highest BCUT2D eigenvalue weighted by Gasteiger charge is 2.20. The van der Waals surface area contributed by atoms with Gasteiger partial charge in [-0.25, -0.2) is 0 Å². The van der Waals surface area contributed by atoms with Gasteiger partial charge in [0.05, 0.1) is 12.1 Å². The number of rotatable bonds is 3. The van der Waals surface area contributed by atoms with Crippen molar-refractivity contribution >= 4 is 5.91 Å². The molecule has 0 spiro atoms. The van der Waals surface area contributed by atoms with Crippen LogP contribution in [0.25, 0.3) is 0 Å². The lowest BCUT2D eigenvalue weighted by atomic mass is 9.96. The number of carbonyl (C=O) groups is 1. The molecule has 2 unspecified atom stereocenters. The monoisotopic (exact) mass is 200 g/mol. The summed E-state index contributed by atoms with van der Waals surface area (Å²) in [5.41, 5.74) is 5.44. The minimum Gasteiger partial charge on any atom is -0.378 e. The average molecular weight is 200 g/mol. The van der Waals surface area contributed by atoms with Gasteiger partial charge in [0, 0.05) is 13.2 Å². The largest absolute Gasteiger partial charge is 0.378 e. The summed E-state index contributed by atoms with van der Waals surface area (Å²) >= 11 is 0. The smallest absolute Gasteiger partial charge is 0.236 e. The zero-order valence-corrected chi connectivity index (χ0v) is 8.95. The van der Waals surface area contributed by atoms with Crippen LogP contribution in [0.4, 0.5) is 0 Å². The lowest BCUT2D eigenvalue weighted by Gasteiger charge is -2.27. The van der Waals surface area contributed by atoms with Crippen molar-refractivity contribution in [2.24, 2.45) is 11.7 Å². The molecule has 3 atom stereocenters. The van der Waals surface area contributed by atoms with E-state index in [1.165, 1.54) is 0 Å². The number of hydrogen-bond acceptors (Lipinski definition) is 3. The predicted molar refractivity (Wildman–Crippen MR) is 54.8 cm³/mol. The fraction of sp³-hybridized carbons (Fsp3) is 0.900. The van der Waals surface area contributed by atoms with E-state index >= 15 is 0 Å². The molecule has 4 nitrogen and oxygen atoms in total. The van der Waals surface area contributed by atoms with E-state index in [4.69, 9.17) is 10.5 Å². The van der Waals surface area contributed by atoms with Crippen LogP contribution in [0.2, 0.25) is 0 Å². The number of nitrogens with one attached hydrogen (secondary N) is 1. The Labute approximate surface area is 85.2 Å². The summed E-state index contributed by atoms with van der Waals surface area (Å²) in [4.78, 5) is 11.2. The quantitative estimate of drug-likeness (QED) is 0.687. The first-order valence-corrected chi connectivity index (χ1v) is 5.24. The van der Waals surface area contributed by atoms with Gasteiger partial charge < -0.3 is 15.8 Å². The van der Waals surface area contributed by atoms with E-state index in [-0.39, 0.29) is 5.91 Å². The summed E-state index contributed by atoms with van der Waals surface area (Å²) in [6.07, 6.45) is 2.38. The molecule has 1 fully saturated rings. The van der Waals surface area contributed by atoms with Crippen LogP contribution in [-0.2, 0) is 9.53 Å². The van der Waals surface area contributed by atoms with Gasteiger partial charge in [-0.1, -0.05) is 0 Å². The molecular weight excluding hydrogens is 180 g/mol. The van der Waals surface area contributed by atoms with E-state index in [0.29, 0.717) is 12.0 Å². The second-order valence-corrected chi connectivity index (χ2v) is 4.11. The van der Waals surface area contributed by atoms with E-state index < -0.39 is 6.04 Å². The molecule has 0 aromatic rings. The minimum atomic E-state index is -0.410. The Balaban J connectivity index is 2.20. The number of nitrogens with two attached hydrogens (primary N) is 1. The van der Waals surface area contributed by atoms with E-state index in [1.807, 2.05) is 0 Å². The molecule has 14 heavy (non-hydrogen) atoms. The van der Waals surface area contributed by atoms with E-state index in [0.717, 1.165) is 26.0 Å². The van der Waals surface area contributed by atoms with Gasteiger partial charge >= 0.3 is 0 Å². The maximum absolute atomic E-state index is 11.2. The summed E-state index contributed by atoms with van der Waals surface area (Å²) < 4.78 is 5.42. The zero-order valence-electron chi connectivity index (χ0n) is 8.95. The third kappa shape index (κ3) is 3.64. The Morgan fingerprint density at radius 1 is 1.71 bits per heavy atom. The van der Waals surface area contributed by atoms with Crippen molar-refractivity contribution < 1.29 is 9.53 Å².